The molecule has 5 heteroatoms. The number of nitrogens with zero attached hydrogens (tertiary/aromatic N) is 1. The minimum Gasteiger partial charge on any atom is -0.459 e. The molecule has 0 aromatic carbocycles. The van der Waals surface area contributed by atoms with Gasteiger partial charge in [0, 0.05) is 31.5 Å². The lowest BCUT2D eigenvalue weighted by atomic mass is 10.1. The first-order valence-electron chi connectivity index (χ1n) is 5.82. The molecule has 0 atom stereocenters. The second kappa shape index (κ2) is 6.27. The van der Waals surface area contributed by atoms with Crippen LogP contribution in [0.2, 0.25) is 0 Å². The molecule has 1 aliphatic rings. The maximum absolute atomic E-state index is 11.4. The van der Waals surface area contributed by atoms with E-state index in [0.29, 0.717) is 38.1 Å². The number of piperidine rings is 1. The van der Waals surface area contributed by atoms with Gasteiger partial charge in [0.2, 0.25) is 0 Å². The first-order valence-corrected chi connectivity index (χ1v) is 5.82. The monoisotopic (exact) mass is 241 g/mol. The summed E-state index contributed by atoms with van der Waals surface area (Å²) in [4.78, 5) is 24.4. The maximum atomic E-state index is 11.4. The van der Waals surface area contributed by atoms with Crippen LogP contribution in [0.1, 0.15) is 26.7 Å². The molecule has 0 unspecified atom stereocenters. The van der Waals surface area contributed by atoms with Gasteiger partial charge < -0.3 is 14.4 Å². The fourth-order valence-electron chi connectivity index (χ4n) is 1.62. The average Bonchev–Trinajstić information content (AvgIpc) is 2.30. The van der Waals surface area contributed by atoms with Gasteiger partial charge in [0.05, 0.1) is 6.61 Å². The predicted octanol–water partition coefficient (Wildman–Crippen LogP) is 1.73. The number of ether oxygens (including phenoxy) is 2. The highest BCUT2D eigenvalue weighted by Crippen LogP contribution is 2.15. The summed E-state index contributed by atoms with van der Waals surface area (Å²) in [5.41, 5.74) is 0.401. The summed E-state index contributed by atoms with van der Waals surface area (Å²) >= 11 is 0. The summed E-state index contributed by atoms with van der Waals surface area (Å²) in [6.45, 7) is 8.43. The predicted molar refractivity (Wildman–Crippen MR) is 62.5 cm³/mol. The zero-order valence-corrected chi connectivity index (χ0v) is 10.4. The number of rotatable bonds is 3. The van der Waals surface area contributed by atoms with E-state index in [2.05, 4.69) is 6.58 Å². The molecule has 0 bridgehead atoms. The molecule has 0 aromatic rings. The van der Waals surface area contributed by atoms with Gasteiger partial charge in [-0.3, -0.25) is 0 Å². The van der Waals surface area contributed by atoms with Crippen molar-refractivity contribution in [3.63, 3.8) is 0 Å². The molecule has 17 heavy (non-hydrogen) atoms. The molecule has 1 aliphatic heterocycles. The van der Waals surface area contributed by atoms with Crippen molar-refractivity contribution < 1.29 is 19.1 Å². The third-order valence-electron chi connectivity index (χ3n) is 2.59. The van der Waals surface area contributed by atoms with Crippen LogP contribution in [-0.2, 0) is 14.3 Å². The summed E-state index contributed by atoms with van der Waals surface area (Å²) in [7, 11) is 0. The number of carbonyl (C=O) groups excluding carboxylic acids is 2. The zero-order valence-electron chi connectivity index (χ0n) is 10.4. The van der Waals surface area contributed by atoms with Crippen molar-refractivity contribution in [1.82, 2.24) is 4.90 Å². The van der Waals surface area contributed by atoms with Crippen molar-refractivity contribution >= 4 is 12.1 Å². The lowest BCUT2D eigenvalue weighted by Gasteiger charge is -2.30. The Morgan fingerprint density at radius 3 is 2.41 bits per heavy atom. The van der Waals surface area contributed by atoms with Crippen LogP contribution in [0.4, 0.5) is 4.79 Å². The average molecular weight is 241 g/mol. The summed E-state index contributed by atoms with van der Waals surface area (Å²) < 4.78 is 10.1. The standard InChI is InChI=1S/C12H19NO4/c1-4-16-12(15)13-7-5-10(6-8-13)17-11(14)9(2)3/h10H,2,4-8H2,1,3H3. The van der Waals surface area contributed by atoms with Gasteiger partial charge in [-0.1, -0.05) is 6.58 Å². The Labute approximate surface area is 101 Å². The molecule has 1 saturated heterocycles. The van der Waals surface area contributed by atoms with E-state index in [4.69, 9.17) is 9.47 Å². The minimum absolute atomic E-state index is 0.120. The molecule has 0 aromatic heterocycles. The Morgan fingerprint density at radius 1 is 1.35 bits per heavy atom. The second-order valence-electron chi connectivity index (χ2n) is 4.07. The molecule has 1 rings (SSSR count). The van der Waals surface area contributed by atoms with E-state index in [1.54, 1.807) is 18.7 Å². The van der Waals surface area contributed by atoms with Gasteiger partial charge in [-0.25, -0.2) is 9.59 Å². The molecular formula is C12H19NO4. The van der Waals surface area contributed by atoms with Gasteiger partial charge in [-0.05, 0) is 13.8 Å². The lowest BCUT2D eigenvalue weighted by molar-refractivity contribution is -0.146. The Morgan fingerprint density at radius 2 is 1.94 bits per heavy atom. The lowest BCUT2D eigenvalue weighted by Crippen LogP contribution is -2.41. The number of carbonyl (C=O) groups is 2. The van der Waals surface area contributed by atoms with E-state index >= 15 is 0 Å². The number of hydrogen-bond donors (Lipinski definition) is 0. The van der Waals surface area contributed by atoms with E-state index in [1.807, 2.05) is 0 Å². The van der Waals surface area contributed by atoms with Crippen molar-refractivity contribution in [2.45, 2.75) is 32.8 Å². The van der Waals surface area contributed by atoms with Gasteiger partial charge in [0.25, 0.3) is 0 Å². The Hall–Kier alpha value is -1.52. The second-order valence-corrected chi connectivity index (χ2v) is 4.07. The molecular weight excluding hydrogens is 222 g/mol. The molecule has 0 N–H and O–H groups in total. The SMILES string of the molecule is C=C(C)C(=O)OC1CCN(C(=O)OCC)CC1. The quantitative estimate of drug-likeness (QED) is 0.557. The van der Waals surface area contributed by atoms with Crippen LogP contribution in [0.15, 0.2) is 12.2 Å². The van der Waals surface area contributed by atoms with Crippen molar-refractivity contribution in [3.05, 3.63) is 12.2 Å². The molecule has 0 radical (unpaired) electrons. The van der Waals surface area contributed by atoms with Crippen molar-refractivity contribution in [3.8, 4) is 0 Å². The fraction of sp³-hybridized carbons (Fsp3) is 0.667. The van der Waals surface area contributed by atoms with Crippen molar-refractivity contribution in [1.29, 1.82) is 0 Å². The third kappa shape index (κ3) is 4.09. The van der Waals surface area contributed by atoms with Crippen molar-refractivity contribution in [2.75, 3.05) is 19.7 Å². The van der Waals surface area contributed by atoms with E-state index in [0.717, 1.165) is 0 Å². The topological polar surface area (TPSA) is 55.8 Å². The molecule has 0 spiro atoms. The molecule has 1 heterocycles. The van der Waals surface area contributed by atoms with E-state index in [9.17, 15) is 9.59 Å². The fourth-order valence-corrected chi connectivity index (χ4v) is 1.62. The molecule has 0 aliphatic carbocycles. The van der Waals surface area contributed by atoms with Crippen LogP contribution in [-0.4, -0.2) is 42.8 Å². The highest BCUT2D eigenvalue weighted by Gasteiger charge is 2.25. The maximum Gasteiger partial charge on any atom is 0.409 e. The van der Waals surface area contributed by atoms with Gasteiger partial charge in [0.1, 0.15) is 6.10 Å². The summed E-state index contributed by atoms with van der Waals surface area (Å²) in [5, 5.41) is 0. The third-order valence-corrected chi connectivity index (χ3v) is 2.59. The van der Waals surface area contributed by atoms with Crippen molar-refractivity contribution in [2.24, 2.45) is 0 Å². The van der Waals surface area contributed by atoms with Crippen LogP contribution >= 0.6 is 0 Å². The van der Waals surface area contributed by atoms with Gasteiger partial charge in [-0.2, -0.15) is 0 Å². The van der Waals surface area contributed by atoms with Crippen LogP contribution in [0.3, 0.4) is 0 Å². The molecule has 1 amide bonds. The van der Waals surface area contributed by atoms with E-state index < -0.39 is 0 Å². The normalized spacial score (nSPS) is 16.5. The van der Waals surface area contributed by atoms with Crippen LogP contribution in [0.25, 0.3) is 0 Å². The van der Waals surface area contributed by atoms with Crippen LogP contribution in [0.5, 0.6) is 0 Å². The molecule has 96 valence electrons. The van der Waals surface area contributed by atoms with Gasteiger partial charge in [0.15, 0.2) is 0 Å². The Bertz CT molecular complexity index is 306. The highest BCUT2D eigenvalue weighted by atomic mass is 16.6. The van der Waals surface area contributed by atoms with Gasteiger partial charge in [-0.15, -0.1) is 0 Å². The Balaban J connectivity index is 2.33. The molecule has 0 saturated carbocycles. The summed E-state index contributed by atoms with van der Waals surface area (Å²) in [6.07, 6.45) is 0.886. The van der Waals surface area contributed by atoms with E-state index in [1.165, 1.54) is 0 Å². The number of likely N-dealkylation sites (tertiary alicyclic amines) is 1. The smallest absolute Gasteiger partial charge is 0.409 e. The zero-order chi connectivity index (χ0) is 12.8. The van der Waals surface area contributed by atoms with E-state index in [-0.39, 0.29) is 18.2 Å². The van der Waals surface area contributed by atoms with Crippen LogP contribution < -0.4 is 0 Å². The first kappa shape index (κ1) is 13.5. The number of hydrogen-bond acceptors (Lipinski definition) is 4. The first-order chi connectivity index (χ1) is 8.04. The number of amides is 1. The highest BCUT2D eigenvalue weighted by molar-refractivity contribution is 5.87. The number of esters is 1. The molecule has 5 nitrogen and oxygen atoms in total. The summed E-state index contributed by atoms with van der Waals surface area (Å²) in [5.74, 6) is -0.361. The van der Waals surface area contributed by atoms with Crippen LogP contribution in [0, 0.1) is 0 Å². The minimum atomic E-state index is -0.361. The largest absolute Gasteiger partial charge is 0.459 e. The summed E-state index contributed by atoms with van der Waals surface area (Å²) in [6, 6.07) is 0. The molecule has 1 fully saturated rings. The Kier molecular flexibility index (Phi) is 5.00. The van der Waals surface area contributed by atoms with Gasteiger partial charge >= 0.3 is 12.1 Å².